The van der Waals surface area contributed by atoms with Crippen LogP contribution in [0.3, 0.4) is 0 Å². The number of fused-ring (bicyclic) bond motifs is 2. The van der Waals surface area contributed by atoms with Crippen molar-refractivity contribution in [2.24, 2.45) is 17.8 Å². The summed E-state index contributed by atoms with van der Waals surface area (Å²) in [5, 5.41) is 8.05. The molecule has 4 unspecified atom stereocenters. The van der Waals surface area contributed by atoms with Crippen LogP contribution in [-0.2, 0) is 5.88 Å². The highest BCUT2D eigenvalue weighted by Crippen LogP contribution is 2.52. The summed E-state index contributed by atoms with van der Waals surface area (Å²) in [6.45, 7) is 2.30. The van der Waals surface area contributed by atoms with Crippen molar-refractivity contribution in [3.8, 4) is 0 Å². The highest BCUT2D eigenvalue weighted by Gasteiger charge is 2.42. The first-order chi connectivity index (χ1) is 7.79. The second-order valence-corrected chi connectivity index (χ2v) is 5.63. The number of alkyl halides is 1. The van der Waals surface area contributed by atoms with Crippen molar-refractivity contribution in [1.29, 1.82) is 0 Å². The molecule has 2 bridgehead atoms. The van der Waals surface area contributed by atoms with Gasteiger partial charge in [-0.05, 0) is 43.9 Å². The fourth-order valence-corrected chi connectivity index (χ4v) is 3.98. The minimum Gasteiger partial charge on any atom is -0.313 e. The van der Waals surface area contributed by atoms with Gasteiger partial charge in [-0.2, -0.15) is 0 Å². The molecule has 0 aliphatic heterocycles. The summed E-state index contributed by atoms with van der Waals surface area (Å²) < 4.78 is 2.18. The average Bonchev–Trinajstić information content (AvgIpc) is 3.02. The minimum atomic E-state index is 0.463. The lowest BCUT2D eigenvalue weighted by Gasteiger charge is -2.29. The van der Waals surface area contributed by atoms with Gasteiger partial charge in [-0.25, -0.2) is 0 Å². The van der Waals surface area contributed by atoms with Gasteiger partial charge in [-0.3, -0.25) is 0 Å². The Balaban J connectivity index is 1.80. The first kappa shape index (κ1) is 10.6. The van der Waals surface area contributed by atoms with Crippen LogP contribution in [-0.4, -0.2) is 14.8 Å². The molecule has 0 aromatic carbocycles. The zero-order valence-electron chi connectivity index (χ0n) is 9.64. The van der Waals surface area contributed by atoms with Crippen LogP contribution in [0.25, 0.3) is 0 Å². The molecule has 0 saturated heterocycles. The van der Waals surface area contributed by atoms with Crippen LogP contribution in [0, 0.1) is 17.8 Å². The second-order valence-electron chi connectivity index (χ2n) is 5.37. The van der Waals surface area contributed by atoms with E-state index in [1.807, 2.05) is 6.33 Å². The maximum Gasteiger partial charge on any atom is 0.148 e. The number of hydrogen-bond acceptors (Lipinski definition) is 2. The Morgan fingerprint density at radius 3 is 3.00 bits per heavy atom. The summed E-state index contributed by atoms with van der Waals surface area (Å²) in [7, 11) is 0. The van der Waals surface area contributed by atoms with Crippen molar-refractivity contribution in [2.45, 2.75) is 44.5 Å². The van der Waals surface area contributed by atoms with Crippen LogP contribution in [0.4, 0.5) is 0 Å². The monoisotopic (exact) mass is 239 g/mol. The molecular weight excluding hydrogens is 222 g/mol. The normalized spacial score (nSPS) is 34.5. The lowest BCUT2D eigenvalue weighted by molar-refractivity contribution is 0.240. The van der Waals surface area contributed by atoms with Gasteiger partial charge >= 0.3 is 0 Å². The highest BCUT2D eigenvalue weighted by atomic mass is 35.5. The van der Waals surface area contributed by atoms with E-state index in [2.05, 4.69) is 21.7 Å². The third kappa shape index (κ3) is 1.56. The largest absolute Gasteiger partial charge is 0.313 e. The smallest absolute Gasteiger partial charge is 0.148 e. The summed E-state index contributed by atoms with van der Waals surface area (Å²) in [5.74, 6) is 4.12. The van der Waals surface area contributed by atoms with Crippen LogP contribution in [0.2, 0.25) is 0 Å². The molecule has 3 nitrogen and oxygen atoms in total. The summed E-state index contributed by atoms with van der Waals surface area (Å²) in [5.41, 5.74) is 0. The Hall–Kier alpha value is -0.570. The van der Waals surface area contributed by atoms with Crippen LogP contribution >= 0.6 is 11.6 Å². The molecule has 2 aliphatic carbocycles. The molecule has 16 heavy (non-hydrogen) atoms. The van der Waals surface area contributed by atoms with E-state index in [-0.39, 0.29) is 0 Å². The third-order valence-corrected chi connectivity index (χ3v) is 4.86. The molecule has 0 amide bonds. The minimum absolute atomic E-state index is 0.463. The van der Waals surface area contributed by atoms with Crippen LogP contribution < -0.4 is 0 Å². The molecule has 88 valence electrons. The molecule has 4 atom stereocenters. The number of halogens is 1. The number of nitrogens with zero attached hydrogens (tertiary/aromatic N) is 3. The van der Waals surface area contributed by atoms with E-state index in [0.29, 0.717) is 11.9 Å². The predicted molar refractivity (Wildman–Crippen MR) is 63.2 cm³/mol. The Morgan fingerprint density at radius 1 is 1.50 bits per heavy atom. The fraction of sp³-hybridized carbons (Fsp3) is 0.833. The van der Waals surface area contributed by atoms with Gasteiger partial charge in [0.15, 0.2) is 0 Å². The molecule has 2 aliphatic rings. The standard InChI is InChI=1S/C12H18ClN3/c1-8(16-7-14-15-12(16)6-13)11-5-9-2-3-10(11)4-9/h7-11H,2-6H2,1H3. The van der Waals surface area contributed by atoms with Crippen LogP contribution in [0.5, 0.6) is 0 Å². The van der Waals surface area contributed by atoms with Gasteiger partial charge in [-0.1, -0.05) is 6.42 Å². The first-order valence-electron chi connectivity index (χ1n) is 6.24. The van der Waals surface area contributed by atoms with Gasteiger partial charge in [0.05, 0.1) is 5.88 Å². The molecule has 2 fully saturated rings. The molecule has 3 rings (SSSR count). The molecule has 4 heteroatoms. The molecule has 0 N–H and O–H groups in total. The lowest BCUT2D eigenvalue weighted by atomic mass is 9.84. The molecule has 1 aromatic rings. The molecule has 1 heterocycles. The van der Waals surface area contributed by atoms with Crippen LogP contribution in [0.1, 0.15) is 44.5 Å². The van der Waals surface area contributed by atoms with Gasteiger partial charge in [0, 0.05) is 6.04 Å². The Kier molecular flexibility index (Phi) is 2.66. The van der Waals surface area contributed by atoms with E-state index in [1.165, 1.54) is 25.7 Å². The van der Waals surface area contributed by atoms with E-state index in [4.69, 9.17) is 11.6 Å². The SMILES string of the molecule is CC(C1CC2CCC1C2)n1cnnc1CCl. The summed E-state index contributed by atoms with van der Waals surface area (Å²) in [6, 6.07) is 0.513. The Labute approximate surface area is 101 Å². The Morgan fingerprint density at radius 2 is 2.38 bits per heavy atom. The summed E-state index contributed by atoms with van der Waals surface area (Å²) >= 11 is 5.88. The van der Waals surface area contributed by atoms with Gasteiger partial charge in [0.1, 0.15) is 12.2 Å². The molecular formula is C12H18ClN3. The van der Waals surface area contributed by atoms with Crippen molar-refractivity contribution < 1.29 is 0 Å². The average molecular weight is 240 g/mol. The van der Waals surface area contributed by atoms with Crippen molar-refractivity contribution in [3.63, 3.8) is 0 Å². The van der Waals surface area contributed by atoms with Crippen molar-refractivity contribution in [1.82, 2.24) is 14.8 Å². The van der Waals surface area contributed by atoms with Gasteiger partial charge in [0.2, 0.25) is 0 Å². The molecule has 1 aromatic heterocycles. The van der Waals surface area contributed by atoms with E-state index >= 15 is 0 Å². The van der Waals surface area contributed by atoms with E-state index in [9.17, 15) is 0 Å². The summed E-state index contributed by atoms with van der Waals surface area (Å²) in [6.07, 6.45) is 7.57. The zero-order chi connectivity index (χ0) is 11.1. The molecule has 2 saturated carbocycles. The highest BCUT2D eigenvalue weighted by molar-refractivity contribution is 6.16. The van der Waals surface area contributed by atoms with Crippen LogP contribution in [0.15, 0.2) is 6.33 Å². The number of hydrogen-bond donors (Lipinski definition) is 0. The van der Waals surface area contributed by atoms with Crippen molar-refractivity contribution in [2.75, 3.05) is 0 Å². The lowest BCUT2D eigenvalue weighted by Crippen LogP contribution is -2.22. The maximum atomic E-state index is 5.88. The van der Waals surface area contributed by atoms with Gasteiger partial charge in [0.25, 0.3) is 0 Å². The predicted octanol–water partition coefficient (Wildman–Crippen LogP) is 3.01. The van der Waals surface area contributed by atoms with E-state index < -0.39 is 0 Å². The maximum absolute atomic E-state index is 5.88. The van der Waals surface area contributed by atoms with E-state index in [0.717, 1.165) is 23.6 Å². The second kappa shape index (κ2) is 4.02. The molecule has 0 spiro atoms. The van der Waals surface area contributed by atoms with Crippen molar-refractivity contribution in [3.05, 3.63) is 12.2 Å². The quantitative estimate of drug-likeness (QED) is 0.760. The zero-order valence-corrected chi connectivity index (χ0v) is 10.4. The number of aromatic nitrogens is 3. The number of rotatable bonds is 3. The van der Waals surface area contributed by atoms with E-state index in [1.54, 1.807) is 0 Å². The summed E-state index contributed by atoms with van der Waals surface area (Å²) in [4.78, 5) is 0. The molecule has 0 radical (unpaired) electrons. The van der Waals surface area contributed by atoms with Gasteiger partial charge < -0.3 is 4.57 Å². The third-order valence-electron chi connectivity index (χ3n) is 4.62. The Bertz CT molecular complexity index is 376. The van der Waals surface area contributed by atoms with Gasteiger partial charge in [-0.15, -0.1) is 21.8 Å². The topological polar surface area (TPSA) is 30.7 Å². The fourth-order valence-electron chi connectivity index (χ4n) is 3.79. The first-order valence-corrected chi connectivity index (χ1v) is 6.77. The van der Waals surface area contributed by atoms with Crippen molar-refractivity contribution >= 4 is 11.6 Å².